The minimum atomic E-state index is 0.0831. The van der Waals surface area contributed by atoms with Crippen LogP contribution in [0.2, 0.25) is 0 Å². The molecule has 1 amide bonds. The summed E-state index contributed by atoms with van der Waals surface area (Å²) in [5.41, 5.74) is 9.78. The Balaban J connectivity index is 1.91. The second-order valence-corrected chi connectivity index (χ2v) is 5.45. The zero-order chi connectivity index (χ0) is 15.2. The van der Waals surface area contributed by atoms with E-state index in [9.17, 15) is 4.79 Å². The van der Waals surface area contributed by atoms with Crippen molar-refractivity contribution >= 4 is 23.0 Å². The van der Waals surface area contributed by atoms with E-state index in [-0.39, 0.29) is 5.91 Å². The van der Waals surface area contributed by atoms with Crippen LogP contribution < -0.4 is 16.4 Å². The summed E-state index contributed by atoms with van der Waals surface area (Å²) in [5.74, 6) is 0.0831. The molecule has 1 aromatic carbocycles. The molecule has 0 saturated carbocycles. The van der Waals surface area contributed by atoms with Gasteiger partial charge in [0.25, 0.3) is 0 Å². The highest BCUT2D eigenvalue weighted by molar-refractivity contribution is 5.95. The van der Waals surface area contributed by atoms with Gasteiger partial charge < -0.3 is 21.3 Å². The fourth-order valence-electron chi connectivity index (χ4n) is 2.67. The van der Waals surface area contributed by atoms with Crippen LogP contribution in [0.15, 0.2) is 12.1 Å². The molecule has 0 radical (unpaired) electrons. The number of nitrogens with zero attached hydrogens (tertiary/aromatic N) is 1. The van der Waals surface area contributed by atoms with Gasteiger partial charge in [0.2, 0.25) is 5.91 Å². The van der Waals surface area contributed by atoms with Crippen molar-refractivity contribution in [3.63, 3.8) is 0 Å². The third-order valence-corrected chi connectivity index (χ3v) is 4.03. The molecule has 21 heavy (non-hydrogen) atoms. The second kappa shape index (κ2) is 7.31. The Morgan fingerprint density at radius 2 is 2.05 bits per heavy atom. The molecule has 0 saturated heterocycles. The van der Waals surface area contributed by atoms with Crippen molar-refractivity contribution in [2.75, 3.05) is 42.5 Å². The molecule has 5 nitrogen and oxygen atoms in total. The SMILES string of the molecule is CCN(CC)CCCNc1cc2c(cc1N)CCC(=O)N2. The van der Waals surface area contributed by atoms with E-state index in [1.165, 1.54) is 0 Å². The van der Waals surface area contributed by atoms with E-state index in [0.717, 1.165) is 61.6 Å². The molecule has 0 bridgehead atoms. The number of hydrogen-bond donors (Lipinski definition) is 3. The predicted octanol–water partition coefficient (Wildman–Crippen LogP) is 2.30. The summed E-state index contributed by atoms with van der Waals surface area (Å²) in [6.45, 7) is 8.50. The molecule has 0 unspecified atom stereocenters. The van der Waals surface area contributed by atoms with Crippen molar-refractivity contribution in [3.8, 4) is 0 Å². The van der Waals surface area contributed by atoms with Gasteiger partial charge in [0.15, 0.2) is 0 Å². The van der Waals surface area contributed by atoms with Crippen LogP contribution in [0.4, 0.5) is 17.1 Å². The Kier molecular flexibility index (Phi) is 5.44. The molecule has 0 fully saturated rings. The van der Waals surface area contributed by atoms with Crippen molar-refractivity contribution in [2.24, 2.45) is 0 Å². The number of amides is 1. The predicted molar refractivity (Wildman–Crippen MR) is 88.7 cm³/mol. The van der Waals surface area contributed by atoms with Crippen molar-refractivity contribution in [1.82, 2.24) is 4.90 Å². The lowest BCUT2D eigenvalue weighted by Gasteiger charge is -2.21. The van der Waals surface area contributed by atoms with Gasteiger partial charge in [-0.25, -0.2) is 0 Å². The van der Waals surface area contributed by atoms with Gasteiger partial charge in [-0.15, -0.1) is 0 Å². The quantitative estimate of drug-likeness (QED) is 0.532. The van der Waals surface area contributed by atoms with Gasteiger partial charge >= 0.3 is 0 Å². The van der Waals surface area contributed by atoms with Crippen molar-refractivity contribution < 1.29 is 4.79 Å². The number of fused-ring (bicyclic) bond motifs is 1. The smallest absolute Gasteiger partial charge is 0.224 e. The summed E-state index contributed by atoms with van der Waals surface area (Å²) in [6.07, 6.45) is 2.39. The number of carbonyl (C=O) groups is 1. The molecule has 1 aromatic rings. The lowest BCUT2D eigenvalue weighted by atomic mass is 10.0. The lowest BCUT2D eigenvalue weighted by molar-refractivity contribution is -0.116. The van der Waals surface area contributed by atoms with Crippen LogP contribution in [0, 0.1) is 0 Å². The molecule has 1 heterocycles. The third-order valence-electron chi connectivity index (χ3n) is 4.03. The first-order chi connectivity index (χ1) is 10.1. The number of nitrogen functional groups attached to an aromatic ring is 1. The standard InChI is InChI=1S/C16H26N4O/c1-3-20(4-2)9-5-8-18-15-11-14-12(10-13(15)17)6-7-16(21)19-14/h10-11,18H,3-9,17H2,1-2H3,(H,19,21). The average Bonchev–Trinajstić information content (AvgIpc) is 2.48. The summed E-state index contributed by atoms with van der Waals surface area (Å²) >= 11 is 0. The monoisotopic (exact) mass is 290 g/mol. The Labute approximate surface area is 126 Å². The number of nitrogens with one attached hydrogen (secondary N) is 2. The average molecular weight is 290 g/mol. The number of nitrogens with two attached hydrogens (primary N) is 1. The van der Waals surface area contributed by atoms with Crippen LogP contribution >= 0.6 is 0 Å². The van der Waals surface area contributed by atoms with Gasteiger partial charge in [-0.2, -0.15) is 0 Å². The van der Waals surface area contributed by atoms with Gasteiger partial charge in [0, 0.05) is 18.7 Å². The van der Waals surface area contributed by atoms with Crippen LogP contribution in [0.5, 0.6) is 0 Å². The van der Waals surface area contributed by atoms with Crippen LogP contribution in [-0.2, 0) is 11.2 Å². The van der Waals surface area contributed by atoms with Crippen molar-refractivity contribution in [2.45, 2.75) is 33.1 Å². The highest BCUT2D eigenvalue weighted by Gasteiger charge is 2.16. The summed E-state index contributed by atoms with van der Waals surface area (Å²) in [7, 11) is 0. The van der Waals surface area contributed by atoms with Crippen LogP contribution in [0.3, 0.4) is 0 Å². The normalized spacial score (nSPS) is 14.0. The van der Waals surface area contributed by atoms with E-state index in [1.807, 2.05) is 12.1 Å². The highest BCUT2D eigenvalue weighted by Crippen LogP contribution is 2.30. The third kappa shape index (κ3) is 4.11. The van der Waals surface area contributed by atoms with E-state index in [0.29, 0.717) is 6.42 Å². The minimum absolute atomic E-state index is 0.0831. The van der Waals surface area contributed by atoms with E-state index in [1.54, 1.807) is 0 Å². The molecular weight excluding hydrogens is 264 g/mol. The molecule has 0 atom stereocenters. The van der Waals surface area contributed by atoms with E-state index >= 15 is 0 Å². The number of hydrogen-bond acceptors (Lipinski definition) is 4. The minimum Gasteiger partial charge on any atom is -0.397 e. The zero-order valence-corrected chi connectivity index (χ0v) is 13.0. The Bertz CT molecular complexity index is 497. The maximum absolute atomic E-state index is 11.5. The number of aryl methyl sites for hydroxylation is 1. The molecular formula is C16H26N4O. The fraction of sp³-hybridized carbons (Fsp3) is 0.562. The summed E-state index contributed by atoms with van der Waals surface area (Å²) in [5, 5.41) is 6.29. The van der Waals surface area contributed by atoms with E-state index in [2.05, 4.69) is 29.4 Å². The fourth-order valence-corrected chi connectivity index (χ4v) is 2.67. The molecule has 0 aliphatic carbocycles. The summed E-state index contributed by atoms with van der Waals surface area (Å²) < 4.78 is 0. The first-order valence-corrected chi connectivity index (χ1v) is 7.82. The Hall–Kier alpha value is -1.75. The van der Waals surface area contributed by atoms with Gasteiger partial charge in [-0.3, -0.25) is 4.79 Å². The van der Waals surface area contributed by atoms with E-state index < -0.39 is 0 Å². The number of rotatable bonds is 7. The molecule has 1 aliphatic heterocycles. The van der Waals surface area contributed by atoms with Gasteiger partial charge in [0.05, 0.1) is 11.4 Å². The van der Waals surface area contributed by atoms with E-state index in [4.69, 9.17) is 5.73 Å². The molecule has 5 heteroatoms. The largest absolute Gasteiger partial charge is 0.397 e. The maximum Gasteiger partial charge on any atom is 0.224 e. The Morgan fingerprint density at radius 1 is 1.29 bits per heavy atom. The summed E-state index contributed by atoms with van der Waals surface area (Å²) in [4.78, 5) is 13.9. The summed E-state index contributed by atoms with van der Waals surface area (Å²) in [6, 6.07) is 3.93. The molecule has 0 aromatic heterocycles. The molecule has 116 valence electrons. The van der Waals surface area contributed by atoms with Crippen LogP contribution in [-0.4, -0.2) is 37.0 Å². The first kappa shape index (κ1) is 15.6. The lowest BCUT2D eigenvalue weighted by Crippen LogP contribution is -2.25. The van der Waals surface area contributed by atoms with Gasteiger partial charge in [0.1, 0.15) is 0 Å². The van der Waals surface area contributed by atoms with Crippen molar-refractivity contribution in [3.05, 3.63) is 17.7 Å². The van der Waals surface area contributed by atoms with Gasteiger partial charge in [-0.1, -0.05) is 13.8 Å². The molecule has 0 spiro atoms. The van der Waals surface area contributed by atoms with Crippen LogP contribution in [0.1, 0.15) is 32.3 Å². The van der Waals surface area contributed by atoms with Crippen molar-refractivity contribution in [1.29, 1.82) is 0 Å². The first-order valence-electron chi connectivity index (χ1n) is 7.82. The molecule has 2 rings (SSSR count). The molecule has 4 N–H and O–H groups in total. The zero-order valence-electron chi connectivity index (χ0n) is 13.0. The molecule has 1 aliphatic rings. The van der Waals surface area contributed by atoms with Crippen LogP contribution in [0.25, 0.3) is 0 Å². The highest BCUT2D eigenvalue weighted by atomic mass is 16.1. The topological polar surface area (TPSA) is 70.4 Å². The number of benzene rings is 1. The number of carbonyl (C=O) groups excluding carboxylic acids is 1. The maximum atomic E-state index is 11.5. The second-order valence-electron chi connectivity index (χ2n) is 5.45. The van der Waals surface area contributed by atoms with Gasteiger partial charge in [-0.05, 0) is 50.2 Å². The Morgan fingerprint density at radius 3 is 2.76 bits per heavy atom. The number of anilines is 3.